The molecule has 0 bridgehead atoms. The van der Waals surface area contributed by atoms with Crippen LogP contribution >= 0.6 is 23.2 Å². The predicted molar refractivity (Wildman–Crippen MR) is 84.2 cm³/mol. The summed E-state index contributed by atoms with van der Waals surface area (Å²) in [6, 6.07) is 11.0. The van der Waals surface area contributed by atoms with E-state index in [2.05, 4.69) is 0 Å². The Hall–Kier alpha value is -2.04. The maximum Gasteiger partial charge on any atom is 0.172 e. The van der Waals surface area contributed by atoms with Crippen LogP contribution in [0, 0.1) is 0 Å². The molecule has 1 aliphatic rings. The highest BCUT2D eigenvalue weighted by Gasteiger charge is 2.35. The van der Waals surface area contributed by atoms with E-state index < -0.39 is 12.6 Å². The minimum Gasteiger partial charge on any atom is -0.546 e. The minimum absolute atomic E-state index is 0.0359. The van der Waals surface area contributed by atoms with Crippen molar-refractivity contribution in [2.45, 2.75) is 12.3 Å². The zero-order valence-electron chi connectivity index (χ0n) is 11.8. The fourth-order valence-corrected chi connectivity index (χ4v) is 3.27. The third-order valence-electron chi connectivity index (χ3n) is 3.79. The van der Waals surface area contributed by atoms with Crippen LogP contribution in [0.3, 0.4) is 0 Å². The standard InChI is InChI=1S/C17H12Cl2O4/c18-15-12(23-8-13(20)21)7-10-6-11(9-4-2-1-3-5-9)17(22)14(10)16(15)19/h1-5,7,11H,6,8H2,(H,20,21)/p-1. The molecular formula is C17H11Cl2O4-. The first-order valence-electron chi connectivity index (χ1n) is 6.91. The summed E-state index contributed by atoms with van der Waals surface area (Å²) in [5, 5.41) is 10.7. The molecule has 118 valence electrons. The number of ketones is 1. The van der Waals surface area contributed by atoms with Gasteiger partial charge >= 0.3 is 0 Å². The van der Waals surface area contributed by atoms with Crippen molar-refractivity contribution in [2.75, 3.05) is 6.61 Å². The van der Waals surface area contributed by atoms with Gasteiger partial charge in [-0.3, -0.25) is 4.79 Å². The first-order chi connectivity index (χ1) is 11.0. The summed E-state index contributed by atoms with van der Waals surface area (Å²) in [5.74, 6) is -1.64. The summed E-state index contributed by atoms with van der Waals surface area (Å²) in [4.78, 5) is 23.2. The Morgan fingerprint density at radius 3 is 2.57 bits per heavy atom. The van der Waals surface area contributed by atoms with Gasteiger partial charge in [0.15, 0.2) is 5.78 Å². The van der Waals surface area contributed by atoms with Gasteiger partial charge in [-0.25, -0.2) is 0 Å². The number of hydrogen-bond donors (Lipinski definition) is 0. The van der Waals surface area contributed by atoms with Crippen molar-refractivity contribution in [2.24, 2.45) is 0 Å². The van der Waals surface area contributed by atoms with Gasteiger partial charge in [0.05, 0.1) is 16.9 Å². The number of carbonyl (C=O) groups is 2. The summed E-state index contributed by atoms with van der Waals surface area (Å²) in [6.45, 7) is -0.634. The highest BCUT2D eigenvalue weighted by Crippen LogP contribution is 2.44. The molecule has 23 heavy (non-hydrogen) atoms. The molecule has 0 fully saturated rings. The van der Waals surface area contributed by atoms with E-state index in [1.165, 1.54) is 0 Å². The zero-order chi connectivity index (χ0) is 16.6. The lowest BCUT2D eigenvalue weighted by molar-refractivity contribution is -0.307. The van der Waals surface area contributed by atoms with Crippen molar-refractivity contribution >= 4 is 35.0 Å². The van der Waals surface area contributed by atoms with E-state index in [4.69, 9.17) is 27.9 Å². The number of rotatable bonds is 4. The molecule has 0 amide bonds. The van der Waals surface area contributed by atoms with Crippen LogP contribution in [0.1, 0.15) is 27.4 Å². The lowest BCUT2D eigenvalue weighted by Crippen LogP contribution is -2.29. The number of aliphatic carboxylic acids is 1. The van der Waals surface area contributed by atoms with E-state index in [1.807, 2.05) is 30.3 Å². The average molecular weight is 350 g/mol. The SMILES string of the molecule is O=C([O-])COc1cc2c(c(Cl)c1Cl)C(=O)C(c1ccccc1)C2. The molecule has 0 aromatic heterocycles. The summed E-state index contributed by atoms with van der Waals surface area (Å²) in [7, 11) is 0. The predicted octanol–water partition coefficient (Wildman–Crippen LogP) is 2.64. The number of carboxylic acid groups (broad SMARTS) is 1. The van der Waals surface area contributed by atoms with Crippen LogP contribution in [0.4, 0.5) is 0 Å². The minimum atomic E-state index is -1.36. The molecule has 0 N–H and O–H groups in total. The van der Waals surface area contributed by atoms with Gasteiger partial charge < -0.3 is 14.6 Å². The van der Waals surface area contributed by atoms with Crippen molar-refractivity contribution in [3.8, 4) is 5.75 Å². The monoisotopic (exact) mass is 349 g/mol. The van der Waals surface area contributed by atoms with E-state index >= 15 is 0 Å². The molecule has 0 saturated carbocycles. The third kappa shape index (κ3) is 2.92. The molecule has 2 aromatic rings. The van der Waals surface area contributed by atoms with Gasteiger partial charge in [-0.05, 0) is 23.6 Å². The number of hydrogen-bond acceptors (Lipinski definition) is 4. The second-order valence-electron chi connectivity index (χ2n) is 5.23. The maximum atomic E-state index is 12.7. The number of carbonyl (C=O) groups excluding carboxylic acids is 2. The molecule has 4 nitrogen and oxygen atoms in total. The summed E-state index contributed by atoms with van der Waals surface area (Å²) in [6.07, 6.45) is 0.469. The molecule has 1 unspecified atom stereocenters. The lowest BCUT2D eigenvalue weighted by atomic mass is 9.95. The van der Waals surface area contributed by atoms with Crippen LogP contribution in [-0.4, -0.2) is 18.4 Å². The van der Waals surface area contributed by atoms with Crippen molar-refractivity contribution < 1.29 is 19.4 Å². The molecule has 0 spiro atoms. The fraction of sp³-hybridized carbons (Fsp3) is 0.176. The van der Waals surface area contributed by atoms with Crippen molar-refractivity contribution in [3.05, 3.63) is 63.1 Å². The summed E-state index contributed by atoms with van der Waals surface area (Å²) >= 11 is 12.3. The molecule has 2 aromatic carbocycles. The van der Waals surface area contributed by atoms with Crippen LogP contribution in [-0.2, 0) is 11.2 Å². The van der Waals surface area contributed by atoms with Crippen molar-refractivity contribution in [3.63, 3.8) is 0 Å². The van der Waals surface area contributed by atoms with Crippen LogP contribution in [0.15, 0.2) is 36.4 Å². The Morgan fingerprint density at radius 1 is 1.22 bits per heavy atom. The molecule has 0 radical (unpaired) electrons. The van der Waals surface area contributed by atoms with E-state index in [0.29, 0.717) is 17.5 Å². The largest absolute Gasteiger partial charge is 0.546 e. The number of fused-ring (bicyclic) bond motifs is 1. The Morgan fingerprint density at radius 2 is 1.91 bits per heavy atom. The Balaban J connectivity index is 1.98. The molecule has 0 saturated heterocycles. The molecule has 0 heterocycles. The lowest BCUT2D eigenvalue weighted by Gasteiger charge is -2.12. The van der Waals surface area contributed by atoms with Crippen LogP contribution in [0.5, 0.6) is 5.75 Å². The molecule has 3 rings (SSSR count). The second kappa shape index (κ2) is 6.22. The van der Waals surface area contributed by atoms with Gasteiger partial charge in [0.25, 0.3) is 0 Å². The van der Waals surface area contributed by atoms with Crippen LogP contribution < -0.4 is 9.84 Å². The van der Waals surface area contributed by atoms with Crippen LogP contribution in [0.2, 0.25) is 10.0 Å². The van der Waals surface area contributed by atoms with Gasteiger partial charge in [-0.2, -0.15) is 0 Å². The van der Waals surface area contributed by atoms with E-state index in [1.54, 1.807) is 6.07 Å². The first kappa shape index (κ1) is 15.8. The Bertz CT molecular complexity index is 787. The van der Waals surface area contributed by atoms with Crippen molar-refractivity contribution in [1.29, 1.82) is 0 Å². The normalized spacial score (nSPS) is 16.3. The highest BCUT2D eigenvalue weighted by atomic mass is 35.5. The summed E-state index contributed by atoms with van der Waals surface area (Å²) < 4.78 is 5.09. The fourth-order valence-electron chi connectivity index (χ4n) is 2.76. The van der Waals surface area contributed by atoms with Crippen LogP contribution in [0.25, 0.3) is 0 Å². The van der Waals surface area contributed by atoms with Gasteiger partial charge in [-0.15, -0.1) is 0 Å². The summed E-state index contributed by atoms with van der Waals surface area (Å²) in [5.41, 5.74) is 1.98. The molecule has 0 aliphatic heterocycles. The Kier molecular flexibility index (Phi) is 4.28. The number of Topliss-reactive ketones (excluding diaryl/α,β-unsaturated/α-hetero) is 1. The molecule has 6 heteroatoms. The quantitative estimate of drug-likeness (QED) is 0.850. The van der Waals surface area contributed by atoms with E-state index in [-0.39, 0.29) is 27.5 Å². The first-order valence-corrected chi connectivity index (χ1v) is 7.67. The molecule has 1 aliphatic carbocycles. The Labute approximate surface area is 142 Å². The van der Waals surface area contributed by atoms with Gasteiger partial charge in [0.2, 0.25) is 0 Å². The number of ether oxygens (including phenoxy) is 1. The average Bonchev–Trinajstić information content (AvgIpc) is 2.87. The number of halogens is 2. The van der Waals surface area contributed by atoms with E-state index in [9.17, 15) is 14.7 Å². The number of carboxylic acids is 1. The van der Waals surface area contributed by atoms with Gasteiger partial charge in [0.1, 0.15) is 17.4 Å². The zero-order valence-corrected chi connectivity index (χ0v) is 13.4. The number of benzene rings is 2. The smallest absolute Gasteiger partial charge is 0.172 e. The molecule has 1 atom stereocenters. The highest BCUT2D eigenvalue weighted by molar-refractivity contribution is 6.45. The van der Waals surface area contributed by atoms with E-state index in [0.717, 1.165) is 5.56 Å². The van der Waals surface area contributed by atoms with Crippen molar-refractivity contribution in [1.82, 2.24) is 0 Å². The third-order valence-corrected chi connectivity index (χ3v) is 4.64. The second-order valence-corrected chi connectivity index (χ2v) is 5.99. The maximum absolute atomic E-state index is 12.7. The van der Waals surface area contributed by atoms with Gasteiger partial charge in [-0.1, -0.05) is 53.5 Å². The topological polar surface area (TPSA) is 66.4 Å². The van der Waals surface area contributed by atoms with Gasteiger partial charge in [0, 0.05) is 5.56 Å². The molecular weight excluding hydrogens is 339 g/mol.